The van der Waals surface area contributed by atoms with Crippen molar-refractivity contribution in [3.63, 3.8) is 0 Å². The summed E-state index contributed by atoms with van der Waals surface area (Å²) in [6, 6.07) is 22.0. The minimum atomic E-state index is -3.58. The standard InChI is InChI=1S/C24H26N2O4S/c1-18-9-12-22(15-19(18)2)25-24(27)26(16-20-7-5-4-6-8-20)17-21-10-13-23(14-11-21)30-31(3,28)29/h4-15H,16-17H2,1-3H3,(H,25,27). The SMILES string of the molecule is Cc1ccc(NC(=O)N(Cc2ccccc2)Cc2ccc(OS(C)(=O)=O)cc2)cc1C. The number of anilines is 1. The van der Waals surface area contributed by atoms with Crippen molar-refractivity contribution >= 4 is 21.8 Å². The second-order valence-electron chi connectivity index (χ2n) is 7.50. The van der Waals surface area contributed by atoms with Crippen molar-refractivity contribution < 1.29 is 17.4 Å². The number of urea groups is 1. The second kappa shape index (κ2) is 9.66. The summed E-state index contributed by atoms with van der Waals surface area (Å²) in [7, 11) is -3.58. The molecule has 0 aromatic heterocycles. The quantitative estimate of drug-likeness (QED) is 0.534. The van der Waals surface area contributed by atoms with E-state index < -0.39 is 10.1 Å². The summed E-state index contributed by atoms with van der Waals surface area (Å²) in [5.41, 5.74) is 4.87. The van der Waals surface area contributed by atoms with Gasteiger partial charge in [0.15, 0.2) is 0 Å². The smallest absolute Gasteiger partial charge is 0.322 e. The summed E-state index contributed by atoms with van der Waals surface area (Å²) < 4.78 is 27.5. The Morgan fingerprint density at radius 2 is 1.48 bits per heavy atom. The molecule has 6 nitrogen and oxygen atoms in total. The van der Waals surface area contributed by atoms with E-state index in [-0.39, 0.29) is 11.8 Å². The number of rotatable bonds is 7. The van der Waals surface area contributed by atoms with Crippen molar-refractivity contribution in [1.82, 2.24) is 4.90 Å². The Labute approximate surface area is 183 Å². The van der Waals surface area contributed by atoms with Gasteiger partial charge in [-0.2, -0.15) is 8.42 Å². The van der Waals surface area contributed by atoms with Crippen LogP contribution in [0.1, 0.15) is 22.3 Å². The number of benzene rings is 3. The van der Waals surface area contributed by atoms with Gasteiger partial charge in [-0.25, -0.2) is 4.79 Å². The van der Waals surface area contributed by atoms with Crippen LogP contribution in [0.5, 0.6) is 5.75 Å². The molecular formula is C24H26N2O4S. The van der Waals surface area contributed by atoms with Crippen LogP contribution in [-0.4, -0.2) is 25.6 Å². The van der Waals surface area contributed by atoms with Crippen LogP contribution in [0.4, 0.5) is 10.5 Å². The molecule has 0 bridgehead atoms. The maximum absolute atomic E-state index is 13.1. The highest BCUT2D eigenvalue weighted by molar-refractivity contribution is 7.86. The van der Waals surface area contributed by atoms with E-state index in [4.69, 9.17) is 4.18 Å². The molecule has 0 fully saturated rings. The van der Waals surface area contributed by atoms with Crippen LogP contribution in [0.25, 0.3) is 0 Å². The van der Waals surface area contributed by atoms with Gasteiger partial charge in [0.25, 0.3) is 0 Å². The topological polar surface area (TPSA) is 75.7 Å². The first-order valence-corrected chi connectivity index (χ1v) is 11.7. The molecule has 0 unspecified atom stereocenters. The maximum atomic E-state index is 13.1. The van der Waals surface area contributed by atoms with Crippen LogP contribution in [0, 0.1) is 13.8 Å². The van der Waals surface area contributed by atoms with Gasteiger partial charge in [0.05, 0.1) is 6.26 Å². The summed E-state index contributed by atoms with van der Waals surface area (Å²) in [6.45, 7) is 4.82. The highest BCUT2D eigenvalue weighted by Crippen LogP contribution is 2.19. The zero-order valence-electron chi connectivity index (χ0n) is 17.8. The van der Waals surface area contributed by atoms with E-state index in [1.165, 1.54) is 0 Å². The van der Waals surface area contributed by atoms with E-state index in [0.29, 0.717) is 13.1 Å². The van der Waals surface area contributed by atoms with Crippen molar-refractivity contribution in [3.05, 3.63) is 95.1 Å². The van der Waals surface area contributed by atoms with E-state index in [1.54, 1.807) is 29.2 Å². The summed E-state index contributed by atoms with van der Waals surface area (Å²) in [5, 5.41) is 2.98. The molecule has 0 radical (unpaired) electrons. The zero-order valence-corrected chi connectivity index (χ0v) is 18.6. The largest absolute Gasteiger partial charge is 0.383 e. The molecule has 0 saturated carbocycles. The van der Waals surface area contributed by atoms with Crippen LogP contribution in [0.15, 0.2) is 72.8 Å². The van der Waals surface area contributed by atoms with Gasteiger partial charge in [0.2, 0.25) is 0 Å². The lowest BCUT2D eigenvalue weighted by Crippen LogP contribution is -2.34. The third-order valence-electron chi connectivity index (χ3n) is 4.81. The van der Waals surface area contributed by atoms with Crippen LogP contribution < -0.4 is 9.50 Å². The van der Waals surface area contributed by atoms with Crippen LogP contribution >= 0.6 is 0 Å². The lowest BCUT2D eigenvalue weighted by Gasteiger charge is -2.24. The van der Waals surface area contributed by atoms with E-state index >= 15 is 0 Å². The first-order valence-electron chi connectivity index (χ1n) is 9.85. The molecule has 0 spiro atoms. The third-order valence-corrected chi connectivity index (χ3v) is 5.30. The van der Waals surface area contributed by atoms with Crippen molar-refractivity contribution in [2.24, 2.45) is 0 Å². The Bertz CT molecular complexity index is 1140. The Morgan fingerprint density at radius 1 is 0.871 bits per heavy atom. The fourth-order valence-corrected chi connectivity index (χ4v) is 3.53. The van der Waals surface area contributed by atoms with Crippen LogP contribution in [0.3, 0.4) is 0 Å². The van der Waals surface area contributed by atoms with Gasteiger partial charge in [-0.15, -0.1) is 0 Å². The fourth-order valence-electron chi connectivity index (χ4n) is 3.07. The average molecular weight is 439 g/mol. The number of carbonyl (C=O) groups is 1. The van der Waals surface area contributed by atoms with E-state index in [2.05, 4.69) is 5.32 Å². The van der Waals surface area contributed by atoms with Crippen molar-refractivity contribution in [2.45, 2.75) is 26.9 Å². The number of carbonyl (C=O) groups excluding carboxylic acids is 1. The van der Waals surface area contributed by atoms with Gasteiger partial charge in [-0.3, -0.25) is 0 Å². The predicted octanol–water partition coefficient (Wildman–Crippen LogP) is 4.88. The highest BCUT2D eigenvalue weighted by atomic mass is 32.2. The molecule has 0 saturated heterocycles. The van der Waals surface area contributed by atoms with E-state index in [0.717, 1.165) is 34.2 Å². The van der Waals surface area contributed by atoms with Gasteiger partial charge in [0.1, 0.15) is 5.75 Å². The normalized spacial score (nSPS) is 11.1. The minimum absolute atomic E-state index is 0.219. The summed E-state index contributed by atoms with van der Waals surface area (Å²) in [4.78, 5) is 14.8. The number of amides is 2. The van der Waals surface area contributed by atoms with Crippen molar-refractivity contribution in [3.8, 4) is 5.75 Å². The molecular weight excluding hydrogens is 412 g/mol. The van der Waals surface area contributed by atoms with Gasteiger partial charge in [-0.05, 0) is 60.4 Å². The van der Waals surface area contributed by atoms with Crippen LogP contribution in [-0.2, 0) is 23.2 Å². The van der Waals surface area contributed by atoms with Crippen LogP contribution in [0.2, 0.25) is 0 Å². The Hall–Kier alpha value is -3.32. The van der Waals surface area contributed by atoms with Crippen molar-refractivity contribution in [1.29, 1.82) is 0 Å². The Kier molecular flexibility index (Phi) is 6.97. The zero-order chi connectivity index (χ0) is 22.4. The van der Waals surface area contributed by atoms with E-state index in [1.807, 2.05) is 62.4 Å². The number of hydrogen-bond acceptors (Lipinski definition) is 4. The summed E-state index contributed by atoms with van der Waals surface area (Å²) in [5.74, 6) is 0.237. The lowest BCUT2D eigenvalue weighted by molar-refractivity contribution is 0.206. The van der Waals surface area contributed by atoms with Gasteiger partial charge < -0.3 is 14.4 Å². The lowest BCUT2D eigenvalue weighted by atomic mass is 10.1. The number of nitrogens with zero attached hydrogens (tertiary/aromatic N) is 1. The molecule has 2 amide bonds. The third kappa shape index (κ3) is 6.86. The number of aryl methyl sites for hydroxylation is 2. The molecule has 0 aliphatic carbocycles. The molecule has 3 aromatic carbocycles. The Morgan fingerprint density at radius 3 is 2.06 bits per heavy atom. The fraction of sp³-hybridized carbons (Fsp3) is 0.208. The molecule has 0 aliphatic heterocycles. The predicted molar refractivity (Wildman–Crippen MR) is 123 cm³/mol. The molecule has 162 valence electrons. The van der Waals surface area contributed by atoms with Gasteiger partial charge >= 0.3 is 16.1 Å². The molecule has 0 heterocycles. The second-order valence-corrected chi connectivity index (χ2v) is 9.08. The highest BCUT2D eigenvalue weighted by Gasteiger charge is 2.16. The molecule has 31 heavy (non-hydrogen) atoms. The first kappa shape index (κ1) is 22.4. The van der Waals surface area contributed by atoms with Crippen molar-refractivity contribution in [2.75, 3.05) is 11.6 Å². The number of hydrogen-bond donors (Lipinski definition) is 1. The number of nitrogens with one attached hydrogen (secondary N) is 1. The molecule has 0 atom stereocenters. The van der Waals surface area contributed by atoms with Gasteiger partial charge in [0, 0.05) is 18.8 Å². The molecule has 3 aromatic rings. The summed E-state index contributed by atoms with van der Waals surface area (Å²) >= 11 is 0. The Balaban J connectivity index is 1.78. The molecule has 1 N–H and O–H groups in total. The minimum Gasteiger partial charge on any atom is -0.383 e. The maximum Gasteiger partial charge on any atom is 0.322 e. The van der Waals surface area contributed by atoms with E-state index in [9.17, 15) is 13.2 Å². The van der Waals surface area contributed by atoms with Gasteiger partial charge in [-0.1, -0.05) is 48.5 Å². The molecule has 7 heteroatoms. The molecule has 3 rings (SSSR count). The summed E-state index contributed by atoms with van der Waals surface area (Å²) in [6.07, 6.45) is 1.000. The molecule has 0 aliphatic rings. The average Bonchev–Trinajstić information content (AvgIpc) is 2.71. The monoisotopic (exact) mass is 438 g/mol. The first-order chi connectivity index (χ1) is 14.7.